The molecule has 0 aliphatic rings. The van der Waals surface area contributed by atoms with Crippen LogP contribution in [0, 0.1) is 0 Å². The first-order valence-electron chi connectivity index (χ1n) is 3.93. The third kappa shape index (κ3) is 3.70. The molecule has 0 atom stereocenters. The number of hydrogen-bond acceptors (Lipinski definition) is 5. The van der Waals surface area contributed by atoms with Gasteiger partial charge in [-0.2, -0.15) is 0 Å². The van der Waals surface area contributed by atoms with Crippen LogP contribution in [0.5, 0.6) is 0 Å². The SMILES string of the molecule is CN(C)c1nnc(SCCCCl)s1. The summed E-state index contributed by atoms with van der Waals surface area (Å²) in [6, 6.07) is 0. The van der Waals surface area contributed by atoms with Crippen molar-refractivity contribution in [1.82, 2.24) is 10.2 Å². The van der Waals surface area contributed by atoms with Gasteiger partial charge >= 0.3 is 0 Å². The van der Waals surface area contributed by atoms with E-state index >= 15 is 0 Å². The maximum Gasteiger partial charge on any atom is 0.208 e. The molecule has 0 saturated carbocycles. The second-order valence-corrected chi connectivity index (χ2v) is 5.31. The molecule has 0 aliphatic heterocycles. The Morgan fingerprint density at radius 2 is 2.23 bits per heavy atom. The van der Waals surface area contributed by atoms with Gasteiger partial charge < -0.3 is 4.90 Å². The average Bonchev–Trinajstić information content (AvgIpc) is 2.53. The van der Waals surface area contributed by atoms with Crippen molar-refractivity contribution in [3.05, 3.63) is 0 Å². The van der Waals surface area contributed by atoms with Crippen molar-refractivity contribution < 1.29 is 0 Å². The number of thioether (sulfide) groups is 1. The van der Waals surface area contributed by atoms with Crippen molar-refractivity contribution >= 4 is 39.8 Å². The molecule has 1 rings (SSSR count). The van der Waals surface area contributed by atoms with Crippen molar-refractivity contribution in [2.24, 2.45) is 0 Å². The van der Waals surface area contributed by atoms with Crippen LogP contribution in [0.4, 0.5) is 5.13 Å². The van der Waals surface area contributed by atoms with Gasteiger partial charge in [0.2, 0.25) is 5.13 Å². The minimum Gasteiger partial charge on any atom is -0.353 e. The Bertz CT molecular complexity index is 252. The molecule has 0 saturated heterocycles. The molecule has 0 unspecified atom stereocenters. The highest BCUT2D eigenvalue weighted by Crippen LogP contribution is 2.26. The van der Waals surface area contributed by atoms with Gasteiger partial charge in [-0.25, -0.2) is 0 Å². The molecule has 0 aromatic carbocycles. The van der Waals surface area contributed by atoms with Crippen molar-refractivity contribution in [2.75, 3.05) is 30.6 Å². The predicted molar refractivity (Wildman–Crippen MR) is 60.3 cm³/mol. The van der Waals surface area contributed by atoms with Gasteiger partial charge in [-0.3, -0.25) is 0 Å². The van der Waals surface area contributed by atoms with E-state index in [1.54, 1.807) is 23.1 Å². The van der Waals surface area contributed by atoms with Gasteiger partial charge in [-0.1, -0.05) is 23.1 Å². The van der Waals surface area contributed by atoms with Crippen molar-refractivity contribution in [2.45, 2.75) is 10.8 Å². The molecule has 74 valence electrons. The highest BCUT2D eigenvalue weighted by atomic mass is 35.5. The second-order valence-electron chi connectivity index (χ2n) is 2.64. The summed E-state index contributed by atoms with van der Waals surface area (Å²) >= 11 is 8.90. The highest BCUT2D eigenvalue weighted by Gasteiger charge is 2.05. The molecule has 1 aromatic heterocycles. The summed E-state index contributed by atoms with van der Waals surface area (Å²) in [5.74, 6) is 1.73. The summed E-state index contributed by atoms with van der Waals surface area (Å²) in [6.07, 6.45) is 1.02. The number of anilines is 1. The van der Waals surface area contributed by atoms with Gasteiger partial charge in [0.25, 0.3) is 0 Å². The van der Waals surface area contributed by atoms with E-state index in [9.17, 15) is 0 Å². The van der Waals surface area contributed by atoms with Crippen molar-refractivity contribution in [1.29, 1.82) is 0 Å². The van der Waals surface area contributed by atoms with E-state index in [-0.39, 0.29) is 0 Å². The smallest absolute Gasteiger partial charge is 0.208 e. The summed E-state index contributed by atoms with van der Waals surface area (Å²) in [7, 11) is 3.93. The molecule has 0 fully saturated rings. The molecule has 0 amide bonds. The summed E-state index contributed by atoms with van der Waals surface area (Å²) in [5.41, 5.74) is 0. The molecule has 0 aliphatic carbocycles. The molecule has 0 radical (unpaired) electrons. The van der Waals surface area contributed by atoms with Crippen LogP contribution in [0.1, 0.15) is 6.42 Å². The van der Waals surface area contributed by atoms with Gasteiger partial charge in [-0.15, -0.1) is 21.8 Å². The van der Waals surface area contributed by atoms with Crippen LogP contribution >= 0.6 is 34.7 Å². The molecule has 6 heteroatoms. The summed E-state index contributed by atoms with van der Waals surface area (Å²) in [6.45, 7) is 0. The molecule has 3 nitrogen and oxygen atoms in total. The van der Waals surface area contributed by atoms with E-state index in [1.807, 2.05) is 19.0 Å². The van der Waals surface area contributed by atoms with Crippen LogP contribution < -0.4 is 4.90 Å². The summed E-state index contributed by atoms with van der Waals surface area (Å²) < 4.78 is 1.02. The second kappa shape index (κ2) is 5.67. The fourth-order valence-corrected chi connectivity index (χ4v) is 2.72. The fourth-order valence-electron chi connectivity index (χ4n) is 0.656. The molecule has 0 spiro atoms. The van der Waals surface area contributed by atoms with Crippen LogP contribution in [0.15, 0.2) is 4.34 Å². The predicted octanol–water partition coefficient (Wildman–Crippen LogP) is 2.33. The van der Waals surface area contributed by atoms with Crippen molar-refractivity contribution in [3.63, 3.8) is 0 Å². The molecule has 0 N–H and O–H groups in total. The van der Waals surface area contributed by atoms with Crippen LogP contribution in [0.25, 0.3) is 0 Å². The minimum atomic E-state index is 0.715. The lowest BCUT2D eigenvalue weighted by molar-refractivity contribution is 0.971. The lowest BCUT2D eigenvalue weighted by atomic mass is 10.6. The monoisotopic (exact) mass is 237 g/mol. The molecule has 0 bridgehead atoms. The molecule has 1 heterocycles. The Kier molecular flexibility index (Phi) is 4.83. The quantitative estimate of drug-likeness (QED) is 0.447. The Labute approximate surface area is 91.5 Å². The standard InChI is InChI=1S/C7H12ClN3S2/c1-11(2)6-9-10-7(13-6)12-5-3-4-8/h3-5H2,1-2H3. The Hall–Kier alpha value is -0.0000000000000000278. The average molecular weight is 238 g/mol. The number of nitrogens with zero attached hydrogens (tertiary/aromatic N) is 3. The Balaban J connectivity index is 2.40. The molecule has 1 aromatic rings. The molecular weight excluding hydrogens is 226 g/mol. The van der Waals surface area contributed by atoms with Crippen LogP contribution in [0.2, 0.25) is 0 Å². The van der Waals surface area contributed by atoms with Gasteiger partial charge in [0.15, 0.2) is 4.34 Å². The number of alkyl halides is 1. The maximum absolute atomic E-state index is 5.57. The van der Waals surface area contributed by atoms with Gasteiger partial charge in [-0.05, 0) is 6.42 Å². The van der Waals surface area contributed by atoms with Crippen LogP contribution in [-0.2, 0) is 0 Å². The third-order valence-corrected chi connectivity index (χ3v) is 3.86. The van der Waals surface area contributed by atoms with Crippen molar-refractivity contribution in [3.8, 4) is 0 Å². The maximum atomic E-state index is 5.57. The molecular formula is C7H12ClN3S2. The van der Waals surface area contributed by atoms with Crippen LogP contribution in [0.3, 0.4) is 0 Å². The van der Waals surface area contributed by atoms with Gasteiger partial charge in [0.1, 0.15) is 0 Å². The topological polar surface area (TPSA) is 29.0 Å². The summed E-state index contributed by atoms with van der Waals surface area (Å²) in [4.78, 5) is 1.96. The van der Waals surface area contributed by atoms with Gasteiger partial charge in [0, 0.05) is 25.7 Å². The van der Waals surface area contributed by atoms with E-state index < -0.39 is 0 Å². The van der Waals surface area contributed by atoms with E-state index in [2.05, 4.69) is 10.2 Å². The lowest BCUT2D eigenvalue weighted by Crippen LogP contribution is -2.07. The zero-order valence-corrected chi connectivity index (χ0v) is 10.0. The first-order valence-corrected chi connectivity index (χ1v) is 6.27. The van der Waals surface area contributed by atoms with Gasteiger partial charge in [0.05, 0.1) is 0 Å². The Morgan fingerprint density at radius 3 is 2.77 bits per heavy atom. The highest BCUT2D eigenvalue weighted by molar-refractivity contribution is 8.01. The number of halogens is 1. The number of aromatic nitrogens is 2. The Morgan fingerprint density at radius 1 is 1.46 bits per heavy atom. The fraction of sp³-hybridized carbons (Fsp3) is 0.714. The minimum absolute atomic E-state index is 0.715. The normalized spacial score (nSPS) is 10.4. The largest absolute Gasteiger partial charge is 0.353 e. The molecule has 13 heavy (non-hydrogen) atoms. The first-order chi connectivity index (χ1) is 6.24. The number of hydrogen-bond donors (Lipinski definition) is 0. The van der Waals surface area contributed by atoms with Crippen LogP contribution in [-0.4, -0.2) is 35.9 Å². The zero-order valence-electron chi connectivity index (χ0n) is 7.66. The van der Waals surface area contributed by atoms with E-state index in [4.69, 9.17) is 11.6 Å². The first kappa shape index (κ1) is 11.1. The number of rotatable bonds is 5. The van der Waals surface area contributed by atoms with E-state index in [1.165, 1.54) is 0 Å². The summed E-state index contributed by atoms with van der Waals surface area (Å²) in [5, 5.41) is 9.04. The lowest BCUT2D eigenvalue weighted by Gasteiger charge is -2.03. The van der Waals surface area contributed by atoms with E-state index in [0.29, 0.717) is 5.88 Å². The zero-order chi connectivity index (χ0) is 9.68. The van der Waals surface area contributed by atoms with E-state index in [0.717, 1.165) is 21.6 Å². The third-order valence-electron chi connectivity index (χ3n) is 1.28.